The number of nitrogens with zero attached hydrogens (tertiary/aromatic N) is 3. The van der Waals surface area contributed by atoms with Gasteiger partial charge in [0.25, 0.3) is 0 Å². The Balaban J connectivity index is 1.95. The minimum atomic E-state index is -0.386. The van der Waals surface area contributed by atoms with Crippen molar-refractivity contribution in [2.75, 3.05) is 17.7 Å². The summed E-state index contributed by atoms with van der Waals surface area (Å²) in [6.07, 6.45) is 3.17. The number of carbonyl (C=O) groups is 1. The molecule has 0 bridgehead atoms. The first-order valence-electron chi connectivity index (χ1n) is 8.49. The molecule has 6 nitrogen and oxygen atoms in total. The number of nitriles is 1. The molecule has 1 amide bonds. The zero-order chi connectivity index (χ0) is 19.2. The normalized spacial score (nSPS) is 10.1. The van der Waals surface area contributed by atoms with Crippen molar-refractivity contribution in [2.24, 2.45) is 0 Å². The maximum Gasteiger partial charge on any atom is 0.239 e. The summed E-state index contributed by atoms with van der Waals surface area (Å²) in [7, 11) is 1.89. The standard InChI is InChI=1S/C21H19N5O/c1-14-3-4-17(23-2)13-18(14)15-6-9-24-19(11-15)16-7-10-25-20(12-16)26-21(27)5-8-22/h3-4,6-7,9-13,23H,5H2,1-2H3,(H,25,26,27). The molecule has 0 aliphatic carbocycles. The van der Waals surface area contributed by atoms with Crippen LogP contribution in [0.3, 0.4) is 0 Å². The minimum absolute atomic E-state index is 0.208. The van der Waals surface area contributed by atoms with Crippen LogP contribution in [0.4, 0.5) is 11.5 Å². The van der Waals surface area contributed by atoms with Gasteiger partial charge in [-0.15, -0.1) is 0 Å². The number of hydrogen-bond donors (Lipinski definition) is 2. The first-order chi connectivity index (χ1) is 13.1. The number of amides is 1. The van der Waals surface area contributed by atoms with Gasteiger partial charge in [-0.25, -0.2) is 4.98 Å². The summed E-state index contributed by atoms with van der Waals surface area (Å²) in [5.74, 6) is 0.0108. The van der Waals surface area contributed by atoms with Gasteiger partial charge in [-0.05, 0) is 60.0 Å². The van der Waals surface area contributed by atoms with Gasteiger partial charge in [0.05, 0.1) is 11.8 Å². The lowest BCUT2D eigenvalue weighted by Crippen LogP contribution is -2.11. The highest BCUT2D eigenvalue weighted by molar-refractivity contribution is 5.91. The van der Waals surface area contributed by atoms with Gasteiger partial charge in [-0.1, -0.05) is 6.07 Å². The second-order valence-corrected chi connectivity index (χ2v) is 6.02. The van der Waals surface area contributed by atoms with E-state index in [1.807, 2.05) is 37.4 Å². The number of carbonyl (C=O) groups excluding carboxylic acids is 1. The lowest BCUT2D eigenvalue weighted by Gasteiger charge is -2.11. The van der Waals surface area contributed by atoms with E-state index in [9.17, 15) is 4.79 Å². The van der Waals surface area contributed by atoms with Gasteiger partial charge in [0, 0.05) is 30.7 Å². The number of pyridine rings is 2. The summed E-state index contributed by atoms with van der Waals surface area (Å²) in [5.41, 5.74) is 6.01. The molecular weight excluding hydrogens is 338 g/mol. The average molecular weight is 357 g/mol. The number of anilines is 2. The summed E-state index contributed by atoms with van der Waals surface area (Å²) in [5, 5.41) is 14.4. The van der Waals surface area contributed by atoms with Crippen LogP contribution in [0.25, 0.3) is 22.4 Å². The molecule has 3 aromatic rings. The van der Waals surface area contributed by atoms with E-state index in [1.165, 1.54) is 5.56 Å². The summed E-state index contributed by atoms with van der Waals surface area (Å²) in [6.45, 7) is 2.07. The van der Waals surface area contributed by atoms with Crippen molar-refractivity contribution in [2.45, 2.75) is 13.3 Å². The van der Waals surface area contributed by atoms with Crippen LogP contribution in [0, 0.1) is 18.3 Å². The zero-order valence-corrected chi connectivity index (χ0v) is 15.2. The predicted molar refractivity (Wildman–Crippen MR) is 106 cm³/mol. The molecular formula is C21H19N5O. The topological polar surface area (TPSA) is 90.7 Å². The second kappa shape index (κ2) is 8.11. The molecule has 0 spiro atoms. The van der Waals surface area contributed by atoms with Gasteiger partial charge in [-0.3, -0.25) is 9.78 Å². The monoisotopic (exact) mass is 357 g/mol. The van der Waals surface area contributed by atoms with Gasteiger partial charge in [0.15, 0.2) is 0 Å². The Hall–Kier alpha value is -3.72. The van der Waals surface area contributed by atoms with E-state index in [0.29, 0.717) is 5.82 Å². The molecule has 0 saturated carbocycles. The highest BCUT2D eigenvalue weighted by Crippen LogP contribution is 2.29. The largest absolute Gasteiger partial charge is 0.388 e. The van der Waals surface area contributed by atoms with E-state index in [0.717, 1.165) is 28.1 Å². The lowest BCUT2D eigenvalue weighted by atomic mass is 9.99. The van der Waals surface area contributed by atoms with Crippen molar-refractivity contribution in [3.05, 3.63) is 60.4 Å². The molecule has 2 heterocycles. The van der Waals surface area contributed by atoms with Crippen LogP contribution in [0.5, 0.6) is 0 Å². The average Bonchev–Trinajstić information content (AvgIpc) is 2.69. The van der Waals surface area contributed by atoms with Crippen molar-refractivity contribution in [1.82, 2.24) is 9.97 Å². The Morgan fingerprint density at radius 2 is 1.85 bits per heavy atom. The van der Waals surface area contributed by atoms with Crippen LogP contribution >= 0.6 is 0 Å². The van der Waals surface area contributed by atoms with Gasteiger partial charge in [0.2, 0.25) is 5.91 Å². The van der Waals surface area contributed by atoms with Crippen LogP contribution in [0.1, 0.15) is 12.0 Å². The zero-order valence-electron chi connectivity index (χ0n) is 15.2. The van der Waals surface area contributed by atoms with E-state index < -0.39 is 0 Å². The molecule has 0 aliphatic rings. The maximum absolute atomic E-state index is 11.6. The molecule has 1 aromatic carbocycles. The minimum Gasteiger partial charge on any atom is -0.388 e. The van der Waals surface area contributed by atoms with Crippen LogP contribution in [-0.2, 0) is 4.79 Å². The Labute approximate surface area is 157 Å². The predicted octanol–water partition coefficient (Wildman–Crippen LogP) is 4.01. The Kier molecular flexibility index (Phi) is 5.43. The third kappa shape index (κ3) is 4.28. The molecule has 0 unspecified atom stereocenters. The highest BCUT2D eigenvalue weighted by atomic mass is 16.1. The summed E-state index contributed by atoms with van der Waals surface area (Å²) in [4.78, 5) is 20.2. The Morgan fingerprint density at radius 3 is 2.63 bits per heavy atom. The van der Waals surface area contributed by atoms with E-state index in [-0.39, 0.29) is 12.3 Å². The molecule has 0 saturated heterocycles. The number of aromatic nitrogens is 2. The van der Waals surface area contributed by atoms with E-state index in [2.05, 4.69) is 39.7 Å². The number of rotatable bonds is 5. The van der Waals surface area contributed by atoms with Crippen molar-refractivity contribution in [3.8, 4) is 28.5 Å². The SMILES string of the molecule is CNc1ccc(C)c(-c2ccnc(-c3ccnc(NC(=O)CC#N)c3)c2)c1. The molecule has 2 N–H and O–H groups in total. The van der Waals surface area contributed by atoms with E-state index in [4.69, 9.17) is 5.26 Å². The molecule has 0 radical (unpaired) electrons. The summed E-state index contributed by atoms with van der Waals surface area (Å²) in [6, 6.07) is 15.6. The fraction of sp³-hybridized carbons (Fsp3) is 0.143. The molecule has 27 heavy (non-hydrogen) atoms. The fourth-order valence-electron chi connectivity index (χ4n) is 2.76. The molecule has 134 valence electrons. The molecule has 0 fully saturated rings. The fourth-order valence-corrected chi connectivity index (χ4v) is 2.76. The van der Waals surface area contributed by atoms with Gasteiger partial charge >= 0.3 is 0 Å². The van der Waals surface area contributed by atoms with Crippen LogP contribution in [0.15, 0.2) is 54.9 Å². The van der Waals surface area contributed by atoms with Gasteiger partial charge < -0.3 is 10.6 Å². The van der Waals surface area contributed by atoms with Crippen molar-refractivity contribution >= 4 is 17.4 Å². The molecule has 2 aromatic heterocycles. The Morgan fingerprint density at radius 1 is 1.07 bits per heavy atom. The molecule has 0 atom stereocenters. The number of hydrogen-bond acceptors (Lipinski definition) is 5. The quantitative estimate of drug-likeness (QED) is 0.720. The highest BCUT2D eigenvalue weighted by Gasteiger charge is 2.08. The van der Waals surface area contributed by atoms with Gasteiger partial charge in [-0.2, -0.15) is 5.26 Å². The maximum atomic E-state index is 11.6. The molecule has 0 aliphatic heterocycles. The smallest absolute Gasteiger partial charge is 0.239 e. The number of benzene rings is 1. The van der Waals surface area contributed by atoms with Crippen molar-refractivity contribution in [3.63, 3.8) is 0 Å². The third-order valence-electron chi connectivity index (χ3n) is 4.16. The van der Waals surface area contributed by atoms with E-state index >= 15 is 0 Å². The van der Waals surface area contributed by atoms with Crippen molar-refractivity contribution < 1.29 is 4.79 Å². The van der Waals surface area contributed by atoms with Crippen LogP contribution in [0.2, 0.25) is 0 Å². The summed E-state index contributed by atoms with van der Waals surface area (Å²) >= 11 is 0. The second-order valence-electron chi connectivity index (χ2n) is 6.02. The van der Waals surface area contributed by atoms with Crippen LogP contribution < -0.4 is 10.6 Å². The lowest BCUT2D eigenvalue weighted by molar-refractivity contribution is -0.115. The first-order valence-corrected chi connectivity index (χ1v) is 8.49. The van der Waals surface area contributed by atoms with Gasteiger partial charge in [0.1, 0.15) is 12.2 Å². The van der Waals surface area contributed by atoms with Crippen molar-refractivity contribution in [1.29, 1.82) is 5.26 Å². The molecule has 6 heteroatoms. The summed E-state index contributed by atoms with van der Waals surface area (Å²) < 4.78 is 0. The van der Waals surface area contributed by atoms with E-state index in [1.54, 1.807) is 18.5 Å². The first kappa shape index (κ1) is 18.1. The number of nitrogens with one attached hydrogen (secondary N) is 2. The Bertz CT molecular complexity index is 1020. The number of aryl methyl sites for hydroxylation is 1. The van der Waals surface area contributed by atoms with Crippen LogP contribution in [-0.4, -0.2) is 22.9 Å². The third-order valence-corrected chi connectivity index (χ3v) is 4.16. The molecule has 3 rings (SSSR count).